The molecule has 0 aliphatic heterocycles. The quantitative estimate of drug-likeness (QED) is 0.430. The van der Waals surface area contributed by atoms with Gasteiger partial charge in [0.05, 0.1) is 0 Å². The lowest BCUT2D eigenvalue weighted by molar-refractivity contribution is -0.113. The summed E-state index contributed by atoms with van der Waals surface area (Å²) in [5.74, 6) is -0.0479. The van der Waals surface area contributed by atoms with Crippen LogP contribution < -0.4 is 0 Å². The van der Waals surface area contributed by atoms with Crippen LogP contribution in [0.2, 0.25) is 0 Å². The van der Waals surface area contributed by atoms with Crippen LogP contribution in [0, 0.1) is 0 Å². The van der Waals surface area contributed by atoms with Crippen LogP contribution in [0.5, 0.6) is 0 Å². The van der Waals surface area contributed by atoms with E-state index in [2.05, 4.69) is 11.6 Å². The third-order valence-corrected chi connectivity index (χ3v) is 0.918. The highest BCUT2D eigenvalue weighted by molar-refractivity contribution is 6.11. The monoisotopic (exact) mass is 137 g/mol. The van der Waals surface area contributed by atoms with Gasteiger partial charge in [-0.15, -0.1) is 0 Å². The van der Waals surface area contributed by atoms with Gasteiger partial charge >= 0.3 is 0 Å². The van der Waals surface area contributed by atoms with Gasteiger partial charge in [-0.1, -0.05) is 12.7 Å². The fourth-order valence-corrected chi connectivity index (χ4v) is 0.310. The first-order valence-electron chi connectivity index (χ1n) is 3.02. The molecule has 0 aliphatic carbocycles. The molecule has 0 spiro atoms. The van der Waals surface area contributed by atoms with E-state index < -0.39 is 0 Å². The van der Waals surface area contributed by atoms with Gasteiger partial charge in [0.15, 0.2) is 5.78 Å². The third-order valence-electron chi connectivity index (χ3n) is 0.918. The van der Waals surface area contributed by atoms with E-state index in [-0.39, 0.29) is 5.78 Å². The number of hydrogen-bond donors (Lipinski definition) is 0. The zero-order chi connectivity index (χ0) is 7.98. The molecule has 2 nitrogen and oxygen atoms in total. The summed E-state index contributed by atoms with van der Waals surface area (Å²) >= 11 is 0. The highest BCUT2D eigenvalue weighted by atomic mass is 16.1. The molecular formula is C8H11NO. The zero-order valence-corrected chi connectivity index (χ0v) is 6.29. The van der Waals surface area contributed by atoms with E-state index in [9.17, 15) is 4.79 Å². The van der Waals surface area contributed by atoms with E-state index >= 15 is 0 Å². The Bertz CT molecular complexity index is 189. The Balaban J connectivity index is 3.90. The summed E-state index contributed by atoms with van der Waals surface area (Å²) in [6, 6.07) is 0. The number of hydrogen-bond acceptors (Lipinski definition) is 2. The van der Waals surface area contributed by atoms with Crippen LogP contribution >= 0.6 is 0 Å². The second-order valence-corrected chi connectivity index (χ2v) is 1.84. The number of carbonyl (C=O) groups excluding carboxylic acids is 1. The molecule has 0 atom stereocenters. The van der Waals surface area contributed by atoms with Crippen molar-refractivity contribution in [3.05, 3.63) is 24.4 Å². The Labute approximate surface area is 61.0 Å². The number of aliphatic imine (C=N–C) groups is 1. The Morgan fingerprint density at radius 3 is 2.60 bits per heavy atom. The summed E-state index contributed by atoms with van der Waals surface area (Å²) in [4.78, 5) is 14.3. The molecule has 0 aromatic heterocycles. The number of nitrogens with zero attached hydrogens (tertiary/aromatic N) is 1. The molecule has 0 aromatic carbocycles. The molecular weight excluding hydrogens is 126 g/mol. The smallest absolute Gasteiger partial charge is 0.160 e. The molecule has 0 N–H and O–H groups in total. The van der Waals surface area contributed by atoms with E-state index in [1.165, 1.54) is 13.1 Å². The van der Waals surface area contributed by atoms with Gasteiger partial charge in [0.1, 0.15) is 0 Å². The molecule has 0 saturated carbocycles. The first-order chi connectivity index (χ1) is 4.68. The average molecular weight is 137 g/mol. The molecule has 0 rings (SSSR count). The number of ketones is 1. The van der Waals surface area contributed by atoms with Gasteiger partial charge in [-0.05, 0) is 13.8 Å². The maximum atomic E-state index is 10.5. The van der Waals surface area contributed by atoms with Crippen molar-refractivity contribution in [2.45, 2.75) is 13.8 Å². The molecule has 0 fully saturated rings. The van der Waals surface area contributed by atoms with Crippen LogP contribution in [0.4, 0.5) is 0 Å². The summed E-state index contributed by atoms with van der Waals surface area (Å²) in [6.45, 7) is 6.81. The first kappa shape index (κ1) is 8.82. The second kappa shape index (κ2) is 4.68. The Morgan fingerprint density at radius 2 is 2.20 bits per heavy atom. The fourth-order valence-electron chi connectivity index (χ4n) is 0.310. The zero-order valence-electron chi connectivity index (χ0n) is 6.29. The van der Waals surface area contributed by atoms with Gasteiger partial charge in [0, 0.05) is 18.0 Å². The summed E-state index contributed by atoms with van der Waals surface area (Å²) in [5.41, 5.74) is 0.429. The molecule has 0 unspecified atom stereocenters. The highest BCUT2D eigenvalue weighted by Crippen LogP contribution is 1.86. The predicted molar refractivity (Wildman–Crippen MR) is 43.1 cm³/mol. The van der Waals surface area contributed by atoms with Gasteiger partial charge < -0.3 is 0 Å². The van der Waals surface area contributed by atoms with Crippen molar-refractivity contribution < 1.29 is 4.79 Å². The number of carbonyl (C=O) groups is 1. The van der Waals surface area contributed by atoms with E-state index in [0.717, 1.165) is 0 Å². The fraction of sp³-hybridized carbons (Fsp3) is 0.250. The number of allylic oxidation sites excluding steroid dienone is 2. The van der Waals surface area contributed by atoms with Gasteiger partial charge in [-0.2, -0.15) is 0 Å². The molecule has 2 heteroatoms. The van der Waals surface area contributed by atoms with Crippen LogP contribution in [0.3, 0.4) is 0 Å². The minimum absolute atomic E-state index is 0.0479. The van der Waals surface area contributed by atoms with Crippen molar-refractivity contribution in [1.29, 1.82) is 0 Å². The Hall–Kier alpha value is -1.18. The number of Topliss-reactive ketones (excluding diaryl/α,β-unsaturated/α-hetero) is 1. The average Bonchev–Trinajstić information content (AvgIpc) is 1.88. The topological polar surface area (TPSA) is 29.4 Å². The van der Waals surface area contributed by atoms with Gasteiger partial charge in [0.2, 0.25) is 0 Å². The molecule has 0 saturated heterocycles. The summed E-state index contributed by atoms with van der Waals surface area (Å²) in [5, 5.41) is 0. The van der Waals surface area contributed by atoms with Crippen molar-refractivity contribution >= 4 is 12.0 Å². The number of rotatable bonds is 3. The molecule has 0 aromatic rings. The van der Waals surface area contributed by atoms with Gasteiger partial charge in [0.25, 0.3) is 0 Å². The predicted octanol–water partition coefficient (Wildman–Crippen LogP) is 1.74. The standard InChI is InChI=1S/C8H11NO/c1-4-5-9-6-7(2)8(3)10/h4-6H,2H2,1,3H3/b5-4-,9-6-. The van der Waals surface area contributed by atoms with Crippen molar-refractivity contribution in [2.75, 3.05) is 0 Å². The van der Waals surface area contributed by atoms with Gasteiger partial charge in [-0.3, -0.25) is 9.79 Å². The molecule has 0 aliphatic rings. The van der Waals surface area contributed by atoms with Crippen LogP contribution in [0.25, 0.3) is 0 Å². The summed E-state index contributed by atoms with van der Waals surface area (Å²) in [6.07, 6.45) is 4.83. The normalized spacial score (nSPS) is 11.0. The summed E-state index contributed by atoms with van der Waals surface area (Å²) < 4.78 is 0. The lowest BCUT2D eigenvalue weighted by Gasteiger charge is -1.86. The largest absolute Gasteiger partial charge is 0.294 e. The molecule has 10 heavy (non-hydrogen) atoms. The molecule has 0 bridgehead atoms. The van der Waals surface area contributed by atoms with Crippen LogP contribution in [-0.4, -0.2) is 12.0 Å². The SMILES string of the molecule is C=C(/C=N\C=C/C)C(C)=O. The van der Waals surface area contributed by atoms with Crippen LogP contribution in [0.15, 0.2) is 29.4 Å². The van der Waals surface area contributed by atoms with E-state index in [0.29, 0.717) is 5.57 Å². The van der Waals surface area contributed by atoms with Gasteiger partial charge in [-0.25, -0.2) is 0 Å². The minimum Gasteiger partial charge on any atom is -0.294 e. The van der Waals surface area contributed by atoms with Crippen LogP contribution in [-0.2, 0) is 4.79 Å². The second-order valence-electron chi connectivity index (χ2n) is 1.84. The lowest BCUT2D eigenvalue weighted by Crippen LogP contribution is -1.94. The Morgan fingerprint density at radius 1 is 1.60 bits per heavy atom. The van der Waals surface area contributed by atoms with Crippen LogP contribution in [0.1, 0.15) is 13.8 Å². The van der Waals surface area contributed by atoms with E-state index in [4.69, 9.17) is 0 Å². The Kier molecular flexibility index (Phi) is 4.12. The van der Waals surface area contributed by atoms with Crippen molar-refractivity contribution in [2.24, 2.45) is 4.99 Å². The minimum atomic E-state index is -0.0479. The molecule has 0 radical (unpaired) electrons. The lowest BCUT2D eigenvalue weighted by atomic mass is 10.2. The maximum Gasteiger partial charge on any atom is 0.160 e. The van der Waals surface area contributed by atoms with Crippen molar-refractivity contribution in [1.82, 2.24) is 0 Å². The van der Waals surface area contributed by atoms with Crippen molar-refractivity contribution in [3.8, 4) is 0 Å². The molecule has 54 valence electrons. The molecule has 0 amide bonds. The maximum absolute atomic E-state index is 10.5. The molecule has 0 heterocycles. The highest BCUT2D eigenvalue weighted by Gasteiger charge is 1.92. The summed E-state index contributed by atoms with van der Waals surface area (Å²) in [7, 11) is 0. The van der Waals surface area contributed by atoms with E-state index in [1.807, 2.05) is 6.92 Å². The first-order valence-corrected chi connectivity index (χ1v) is 3.02. The van der Waals surface area contributed by atoms with E-state index in [1.54, 1.807) is 12.3 Å². The third kappa shape index (κ3) is 3.78. The van der Waals surface area contributed by atoms with Crippen molar-refractivity contribution in [3.63, 3.8) is 0 Å².